The summed E-state index contributed by atoms with van der Waals surface area (Å²) in [5.41, 5.74) is 11.0. The van der Waals surface area contributed by atoms with Crippen LogP contribution in [-0.2, 0) is 0 Å². The summed E-state index contributed by atoms with van der Waals surface area (Å²) in [5.74, 6) is 0.601. The largest absolute Gasteiger partial charge is 0.277 e. The Labute approximate surface area is 276 Å². The minimum Gasteiger partial charge on any atom is -0.277 e. The maximum atomic E-state index is 5.42. The molecule has 4 heterocycles. The highest BCUT2D eigenvalue weighted by molar-refractivity contribution is 6.20. The lowest BCUT2D eigenvalue weighted by atomic mass is 9.96. The summed E-state index contributed by atoms with van der Waals surface area (Å²) >= 11 is 0. The molecular formula is C43H27N5. The minimum atomic E-state index is 0.601. The molecule has 0 N–H and O–H groups in total. The lowest BCUT2D eigenvalue weighted by Gasteiger charge is -2.15. The molecule has 6 aromatic carbocycles. The van der Waals surface area contributed by atoms with E-state index in [-0.39, 0.29) is 0 Å². The second-order valence-electron chi connectivity index (χ2n) is 12.1. The van der Waals surface area contributed by atoms with Gasteiger partial charge >= 0.3 is 0 Å². The van der Waals surface area contributed by atoms with Crippen LogP contribution >= 0.6 is 0 Å². The molecule has 5 heteroatoms. The topological polar surface area (TPSA) is 48.0 Å². The number of nitrogens with zero attached hydrogens (tertiary/aromatic N) is 5. The van der Waals surface area contributed by atoms with Gasteiger partial charge in [-0.15, -0.1) is 0 Å². The van der Waals surface area contributed by atoms with Crippen LogP contribution in [0.4, 0.5) is 0 Å². The number of hydrogen-bond donors (Lipinski definition) is 0. The van der Waals surface area contributed by atoms with Crippen molar-refractivity contribution >= 4 is 49.4 Å². The van der Waals surface area contributed by atoms with Crippen LogP contribution in [0.1, 0.15) is 0 Å². The van der Waals surface area contributed by atoms with Gasteiger partial charge < -0.3 is 0 Å². The molecule has 0 aliphatic heterocycles. The number of imidazole rings is 1. The number of hydrogen-bond acceptors (Lipinski definition) is 3. The maximum Gasteiger partial charge on any atom is 0.237 e. The summed E-state index contributed by atoms with van der Waals surface area (Å²) in [4.78, 5) is 16.0. The van der Waals surface area contributed by atoms with Crippen molar-refractivity contribution in [1.82, 2.24) is 23.9 Å². The summed E-state index contributed by atoms with van der Waals surface area (Å²) in [5, 5.41) is 4.52. The van der Waals surface area contributed by atoms with E-state index in [9.17, 15) is 0 Å². The third kappa shape index (κ3) is 3.94. The third-order valence-electron chi connectivity index (χ3n) is 9.32. The van der Waals surface area contributed by atoms with Gasteiger partial charge in [0.2, 0.25) is 5.95 Å². The third-order valence-corrected chi connectivity index (χ3v) is 9.32. The fourth-order valence-electron chi connectivity index (χ4n) is 7.21. The van der Waals surface area contributed by atoms with Crippen LogP contribution in [0.2, 0.25) is 0 Å². The molecule has 48 heavy (non-hydrogen) atoms. The number of rotatable bonds is 4. The molecule has 0 atom stereocenters. The lowest BCUT2D eigenvalue weighted by molar-refractivity contribution is 0.978. The van der Waals surface area contributed by atoms with Gasteiger partial charge in [-0.3, -0.25) is 8.97 Å². The summed E-state index contributed by atoms with van der Waals surface area (Å²) in [6.45, 7) is 0. The molecule has 0 saturated heterocycles. The molecule has 5 nitrogen and oxygen atoms in total. The van der Waals surface area contributed by atoms with Crippen LogP contribution < -0.4 is 0 Å². The molecule has 0 unspecified atom stereocenters. The fourth-order valence-corrected chi connectivity index (χ4v) is 7.21. The Balaban J connectivity index is 1.40. The normalized spacial score (nSPS) is 11.8. The monoisotopic (exact) mass is 613 g/mol. The zero-order valence-corrected chi connectivity index (χ0v) is 25.8. The van der Waals surface area contributed by atoms with Crippen molar-refractivity contribution in [2.75, 3.05) is 0 Å². The Morgan fingerprint density at radius 2 is 0.958 bits per heavy atom. The molecule has 0 spiro atoms. The van der Waals surface area contributed by atoms with E-state index in [1.165, 1.54) is 21.9 Å². The molecular weight excluding hydrogens is 587 g/mol. The van der Waals surface area contributed by atoms with E-state index >= 15 is 0 Å². The average molecular weight is 614 g/mol. The predicted molar refractivity (Wildman–Crippen MR) is 196 cm³/mol. The Bertz CT molecular complexity index is 2760. The first-order valence-corrected chi connectivity index (χ1v) is 16.1. The Morgan fingerprint density at radius 1 is 0.417 bits per heavy atom. The highest BCUT2D eigenvalue weighted by Gasteiger charge is 2.24. The van der Waals surface area contributed by atoms with Gasteiger partial charge in [-0.25, -0.2) is 15.0 Å². The summed E-state index contributed by atoms with van der Waals surface area (Å²) < 4.78 is 4.52. The Morgan fingerprint density at radius 3 is 1.62 bits per heavy atom. The van der Waals surface area contributed by atoms with Crippen LogP contribution in [-0.4, -0.2) is 23.9 Å². The molecule has 4 aromatic heterocycles. The van der Waals surface area contributed by atoms with Crippen molar-refractivity contribution in [3.05, 3.63) is 164 Å². The van der Waals surface area contributed by atoms with Gasteiger partial charge in [0.1, 0.15) is 11.2 Å². The van der Waals surface area contributed by atoms with Crippen molar-refractivity contribution < 1.29 is 0 Å². The van der Waals surface area contributed by atoms with E-state index in [4.69, 9.17) is 15.0 Å². The lowest BCUT2D eigenvalue weighted by Crippen LogP contribution is -2.06. The molecule has 0 bridgehead atoms. The molecule has 10 aromatic rings. The molecule has 0 fully saturated rings. The van der Waals surface area contributed by atoms with Crippen molar-refractivity contribution in [2.45, 2.75) is 0 Å². The van der Waals surface area contributed by atoms with E-state index in [0.29, 0.717) is 5.95 Å². The predicted octanol–water partition coefficient (Wildman–Crippen LogP) is 10.5. The number of pyridine rings is 1. The van der Waals surface area contributed by atoms with Crippen molar-refractivity contribution in [3.8, 4) is 39.6 Å². The summed E-state index contributed by atoms with van der Waals surface area (Å²) in [6, 6.07) is 57.0. The highest BCUT2D eigenvalue weighted by atomic mass is 15.2. The van der Waals surface area contributed by atoms with Crippen molar-refractivity contribution in [3.63, 3.8) is 0 Å². The summed E-state index contributed by atoms with van der Waals surface area (Å²) in [7, 11) is 0. The van der Waals surface area contributed by atoms with E-state index in [0.717, 1.165) is 61.1 Å². The molecule has 0 aliphatic carbocycles. The quantitative estimate of drug-likeness (QED) is 0.186. The molecule has 224 valence electrons. The number of benzene rings is 6. The van der Waals surface area contributed by atoms with Gasteiger partial charge in [-0.1, -0.05) is 146 Å². The van der Waals surface area contributed by atoms with Gasteiger partial charge in [-0.2, -0.15) is 0 Å². The smallest absolute Gasteiger partial charge is 0.237 e. The van der Waals surface area contributed by atoms with Crippen molar-refractivity contribution in [2.24, 2.45) is 0 Å². The zero-order valence-electron chi connectivity index (χ0n) is 25.8. The fraction of sp³-hybridized carbons (Fsp3) is 0. The number of fused-ring (bicyclic) bond motifs is 10. The maximum absolute atomic E-state index is 5.42. The van der Waals surface area contributed by atoms with E-state index in [1.54, 1.807) is 0 Å². The van der Waals surface area contributed by atoms with Gasteiger partial charge in [0.05, 0.1) is 22.4 Å². The first-order valence-electron chi connectivity index (χ1n) is 16.1. The molecule has 0 aliphatic rings. The molecule has 0 saturated carbocycles. The van der Waals surface area contributed by atoms with Crippen LogP contribution in [0.3, 0.4) is 0 Å². The molecule has 0 radical (unpaired) electrons. The first kappa shape index (κ1) is 26.6. The highest BCUT2D eigenvalue weighted by Crippen LogP contribution is 2.40. The number of para-hydroxylation sites is 1. The van der Waals surface area contributed by atoms with Crippen LogP contribution in [0.5, 0.6) is 0 Å². The van der Waals surface area contributed by atoms with E-state index in [2.05, 4.69) is 161 Å². The SMILES string of the molecule is c1ccc(-c2cc(-c3ccccc3)nc(-n3c4ccccc4c4nc5c6ccccc6c6c(-c7ccccc7)cccc6n5c43)n2)cc1. The molecule has 0 amide bonds. The van der Waals surface area contributed by atoms with Crippen LogP contribution in [0.15, 0.2) is 164 Å². The van der Waals surface area contributed by atoms with Gasteiger partial charge in [-0.05, 0) is 34.7 Å². The summed E-state index contributed by atoms with van der Waals surface area (Å²) in [6.07, 6.45) is 0. The number of aromatic nitrogens is 5. The standard InChI is InChI=1S/C43H27N5/c1-4-15-28(16-5-1)31-24-14-26-38-39(31)32-21-10-11-22-33(32)41-46-40-34-23-12-13-25-37(34)48(42(40)47(38)41)43-44-35(29-17-6-2-7-18-29)27-36(45-43)30-19-8-3-9-20-30/h1-27H. The van der Waals surface area contributed by atoms with E-state index in [1.807, 2.05) is 12.1 Å². The minimum absolute atomic E-state index is 0.601. The second kappa shape index (κ2) is 10.5. The first-order chi connectivity index (χ1) is 23.8. The van der Waals surface area contributed by atoms with Gasteiger partial charge in [0.25, 0.3) is 0 Å². The second-order valence-corrected chi connectivity index (χ2v) is 12.1. The van der Waals surface area contributed by atoms with Gasteiger partial charge in [0.15, 0.2) is 5.65 Å². The van der Waals surface area contributed by atoms with Gasteiger partial charge in [0, 0.05) is 27.3 Å². The Hall–Kier alpha value is -6.59. The molecule has 10 rings (SSSR count). The average Bonchev–Trinajstić information content (AvgIpc) is 3.71. The Kier molecular flexibility index (Phi) is 5.81. The van der Waals surface area contributed by atoms with Crippen molar-refractivity contribution in [1.29, 1.82) is 0 Å². The van der Waals surface area contributed by atoms with Crippen LogP contribution in [0.25, 0.3) is 89.0 Å². The van der Waals surface area contributed by atoms with Crippen LogP contribution in [0, 0.1) is 0 Å². The van der Waals surface area contributed by atoms with E-state index < -0.39 is 0 Å². The zero-order chi connectivity index (χ0) is 31.6.